The normalized spacial score (nSPS) is 30.6. The van der Waals surface area contributed by atoms with Gasteiger partial charge in [0.25, 0.3) is 0 Å². The molecule has 2 aliphatic carbocycles. The van der Waals surface area contributed by atoms with Crippen LogP contribution >= 0.6 is 34.8 Å². The van der Waals surface area contributed by atoms with Crippen LogP contribution in [-0.2, 0) is 0 Å². The first kappa shape index (κ1) is 13.9. The van der Waals surface area contributed by atoms with Gasteiger partial charge in [-0.25, -0.2) is 0 Å². The SMILES string of the molecule is COc1cc(Cl)c(C(Cl)C2CC3CCC2C3)cc1Cl. The maximum absolute atomic E-state index is 6.70. The summed E-state index contributed by atoms with van der Waals surface area (Å²) < 4.78 is 5.18. The van der Waals surface area contributed by atoms with E-state index in [9.17, 15) is 0 Å². The molecule has 0 aliphatic heterocycles. The predicted octanol–water partition coefficient (Wildman–Crippen LogP) is 5.72. The highest BCUT2D eigenvalue weighted by Gasteiger charge is 2.43. The minimum absolute atomic E-state index is 0.0359. The molecule has 3 rings (SSSR count). The molecule has 2 fully saturated rings. The molecule has 0 saturated heterocycles. The molecule has 0 spiro atoms. The van der Waals surface area contributed by atoms with Crippen molar-refractivity contribution in [2.24, 2.45) is 17.8 Å². The van der Waals surface area contributed by atoms with Crippen molar-refractivity contribution in [3.05, 3.63) is 27.7 Å². The molecule has 0 radical (unpaired) electrons. The van der Waals surface area contributed by atoms with Gasteiger partial charge in [-0.2, -0.15) is 0 Å². The molecule has 0 amide bonds. The summed E-state index contributed by atoms with van der Waals surface area (Å²) in [4.78, 5) is 0. The van der Waals surface area contributed by atoms with Gasteiger partial charge in [-0.15, -0.1) is 11.6 Å². The molecule has 4 heteroatoms. The van der Waals surface area contributed by atoms with Crippen LogP contribution in [0, 0.1) is 17.8 Å². The Hall–Kier alpha value is -0.110. The third-order valence-electron chi connectivity index (χ3n) is 4.74. The second kappa shape index (κ2) is 5.35. The first-order chi connectivity index (χ1) is 9.10. The Labute approximate surface area is 129 Å². The lowest BCUT2D eigenvalue weighted by atomic mass is 9.84. The van der Waals surface area contributed by atoms with E-state index < -0.39 is 0 Å². The average Bonchev–Trinajstić information content (AvgIpc) is 3.02. The van der Waals surface area contributed by atoms with Crippen LogP contribution in [0.1, 0.15) is 36.6 Å². The zero-order valence-electron chi connectivity index (χ0n) is 10.8. The van der Waals surface area contributed by atoms with Gasteiger partial charge >= 0.3 is 0 Å². The van der Waals surface area contributed by atoms with Crippen LogP contribution in [0.15, 0.2) is 12.1 Å². The fourth-order valence-corrected chi connectivity index (χ4v) is 4.86. The van der Waals surface area contributed by atoms with Gasteiger partial charge in [0.2, 0.25) is 0 Å². The number of fused-ring (bicyclic) bond motifs is 2. The highest BCUT2D eigenvalue weighted by atomic mass is 35.5. The maximum Gasteiger partial charge on any atom is 0.138 e. The summed E-state index contributed by atoms with van der Waals surface area (Å²) in [5.74, 6) is 2.79. The van der Waals surface area contributed by atoms with E-state index in [1.54, 1.807) is 13.2 Å². The van der Waals surface area contributed by atoms with Gasteiger partial charge in [0.15, 0.2) is 0 Å². The van der Waals surface area contributed by atoms with Gasteiger partial charge in [0, 0.05) is 11.1 Å². The molecule has 4 unspecified atom stereocenters. The zero-order chi connectivity index (χ0) is 13.6. The van der Waals surface area contributed by atoms with Crippen LogP contribution < -0.4 is 4.74 Å². The van der Waals surface area contributed by atoms with E-state index in [4.69, 9.17) is 39.5 Å². The highest BCUT2D eigenvalue weighted by Crippen LogP contribution is 2.55. The first-order valence-corrected chi connectivity index (χ1v) is 7.96. The molecule has 2 aliphatic rings. The molecular weight excluding hydrogens is 303 g/mol. The van der Waals surface area contributed by atoms with E-state index in [1.165, 1.54) is 25.7 Å². The lowest BCUT2D eigenvalue weighted by Gasteiger charge is -2.27. The summed E-state index contributed by atoms with van der Waals surface area (Å²) in [6, 6.07) is 3.63. The van der Waals surface area contributed by atoms with E-state index in [2.05, 4.69) is 0 Å². The monoisotopic (exact) mass is 318 g/mol. The molecule has 2 bridgehead atoms. The number of benzene rings is 1. The van der Waals surface area contributed by atoms with Gasteiger partial charge in [-0.1, -0.05) is 29.6 Å². The van der Waals surface area contributed by atoms with Gasteiger partial charge in [0.1, 0.15) is 5.75 Å². The Morgan fingerprint density at radius 2 is 1.95 bits per heavy atom. The Balaban J connectivity index is 1.87. The molecule has 2 saturated carbocycles. The summed E-state index contributed by atoms with van der Waals surface area (Å²) in [6.07, 6.45) is 5.27. The number of ether oxygens (including phenoxy) is 1. The smallest absolute Gasteiger partial charge is 0.138 e. The van der Waals surface area contributed by atoms with Gasteiger partial charge < -0.3 is 4.74 Å². The van der Waals surface area contributed by atoms with E-state index in [1.807, 2.05) is 6.07 Å². The number of methoxy groups -OCH3 is 1. The van der Waals surface area contributed by atoms with E-state index in [0.717, 1.165) is 17.4 Å². The second-order valence-electron chi connectivity index (χ2n) is 5.75. The van der Waals surface area contributed by atoms with Crippen LogP contribution in [0.2, 0.25) is 10.0 Å². The molecule has 104 valence electrons. The average molecular weight is 320 g/mol. The minimum Gasteiger partial charge on any atom is -0.495 e. The molecule has 0 N–H and O–H groups in total. The van der Waals surface area contributed by atoms with Gasteiger partial charge in [0.05, 0.1) is 17.5 Å². The summed E-state index contributed by atoms with van der Waals surface area (Å²) >= 11 is 19.2. The summed E-state index contributed by atoms with van der Waals surface area (Å²) in [5.41, 5.74) is 0.951. The topological polar surface area (TPSA) is 9.23 Å². The number of hydrogen-bond acceptors (Lipinski definition) is 1. The lowest BCUT2D eigenvalue weighted by molar-refractivity contribution is 0.323. The van der Waals surface area contributed by atoms with Crippen LogP contribution in [0.25, 0.3) is 0 Å². The third-order valence-corrected chi connectivity index (χ3v) is 5.92. The van der Waals surface area contributed by atoms with Gasteiger partial charge in [-0.05, 0) is 48.6 Å². The third kappa shape index (κ3) is 2.46. The Bertz CT molecular complexity index is 489. The Kier molecular flexibility index (Phi) is 3.90. The van der Waals surface area contributed by atoms with E-state index in [-0.39, 0.29) is 5.38 Å². The standard InChI is InChI=1S/C15H17Cl3O/c1-19-14-7-12(16)11(6-13(14)17)15(18)10-5-8-2-3-9(10)4-8/h6-10,15H,2-5H2,1H3. The largest absolute Gasteiger partial charge is 0.495 e. The molecule has 1 nitrogen and oxygen atoms in total. The van der Waals surface area contributed by atoms with Crippen molar-refractivity contribution in [1.82, 2.24) is 0 Å². The van der Waals surface area contributed by atoms with E-state index >= 15 is 0 Å². The van der Waals surface area contributed by atoms with Crippen molar-refractivity contribution in [3.8, 4) is 5.75 Å². The number of halogens is 3. The molecule has 4 atom stereocenters. The Morgan fingerprint density at radius 3 is 2.53 bits per heavy atom. The minimum atomic E-state index is -0.0359. The fourth-order valence-electron chi connectivity index (χ4n) is 3.79. The number of hydrogen-bond donors (Lipinski definition) is 0. The lowest BCUT2D eigenvalue weighted by Crippen LogP contribution is -2.16. The van der Waals surface area contributed by atoms with Gasteiger partial charge in [-0.3, -0.25) is 0 Å². The predicted molar refractivity (Wildman–Crippen MR) is 80.5 cm³/mol. The second-order valence-corrected chi connectivity index (χ2v) is 7.03. The van der Waals surface area contributed by atoms with Crippen molar-refractivity contribution in [3.63, 3.8) is 0 Å². The quantitative estimate of drug-likeness (QED) is 0.648. The van der Waals surface area contributed by atoms with Crippen molar-refractivity contribution in [2.45, 2.75) is 31.1 Å². The summed E-state index contributed by atoms with van der Waals surface area (Å²) in [6.45, 7) is 0. The number of rotatable bonds is 3. The summed E-state index contributed by atoms with van der Waals surface area (Å²) in [5, 5.41) is 1.20. The molecule has 0 aromatic heterocycles. The summed E-state index contributed by atoms with van der Waals surface area (Å²) in [7, 11) is 1.59. The maximum atomic E-state index is 6.70. The molecule has 19 heavy (non-hydrogen) atoms. The van der Waals surface area contributed by atoms with Crippen LogP contribution in [0.4, 0.5) is 0 Å². The molecule has 1 aromatic rings. The molecule has 0 heterocycles. The van der Waals surface area contributed by atoms with Crippen molar-refractivity contribution in [2.75, 3.05) is 7.11 Å². The van der Waals surface area contributed by atoms with Crippen molar-refractivity contribution >= 4 is 34.8 Å². The van der Waals surface area contributed by atoms with Crippen molar-refractivity contribution < 1.29 is 4.74 Å². The van der Waals surface area contributed by atoms with Crippen LogP contribution in [-0.4, -0.2) is 7.11 Å². The van der Waals surface area contributed by atoms with E-state index in [0.29, 0.717) is 21.7 Å². The highest BCUT2D eigenvalue weighted by molar-refractivity contribution is 6.35. The first-order valence-electron chi connectivity index (χ1n) is 6.77. The molecule has 1 aromatic carbocycles. The van der Waals surface area contributed by atoms with Crippen LogP contribution in [0.3, 0.4) is 0 Å². The van der Waals surface area contributed by atoms with Crippen molar-refractivity contribution in [1.29, 1.82) is 0 Å². The fraction of sp³-hybridized carbons (Fsp3) is 0.600. The zero-order valence-corrected chi connectivity index (χ0v) is 13.1. The number of alkyl halides is 1. The Morgan fingerprint density at radius 1 is 1.16 bits per heavy atom. The molecular formula is C15H17Cl3O. The van der Waals surface area contributed by atoms with Crippen LogP contribution in [0.5, 0.6) is 5.75 Å².